The van der Waals surface area contributed by atoms with Crippen LogP contribution in [0.2, 0.25) is 0 Å². The van der Waals surface area contributed by atoms with Crippen LogP contribution in [0, 0.1) is 17.8 Å². The standard InChI is InChI=1S/C35H52O/c1-4-5-7-12-30-20-22-31(23-21-30)13-10-11-14-32-24-26-33(27-25-32)19-17-29(2)18-28-35(36-3)34-15-8-6-9-16-34/h4-6,8-9,15-16,20-23,29,32-33,35H,7,10-14,17-19,24-28H2,1-3H3/t29?,32-,33-,35?. The summed E-state index contributed by atoms with van der Waals surface area (Å²) in [7, 11) is 1.85. The zero-order valence-electron chi connectivity index (χ0n) is 23.5. The van der Waals surface area contributed by atoms with Crippen LogP contribution in [0.3, 0.4) is 0 Å². The van der Waals surface area contributed by atoms with E-state index in [0.29, 0.717) is 0 Å². The van der Waals surface area contributed by atoms with Gasteiger partial charge in [-0.3, -0.25) is 0 Å². The topological polar surface area (TPSA) is 9.23 Å². The van der Waals surface area contributed by atoms with Crippen LogP contribution in [0.5, 0.6) is 0 Å². The molecule has 0 saturated heterocycles. The van der Waals surface area contributed by atoms with Gasteiger partial charge in [0.25, 0.3) is 0 Å². The highest BCUT2D eigenvalue weighted by Crippen LogP contribution is 2.35. The van der Waals surface area contributed by atoms with Crippen LogP contribution in [0.15, 0.2) is 66.7 Å². The molecule has 0 N–H and O–H groups in total. The molecular formula is C35H52O. The van der Waals surface area contributed by atoms with Crippen molar-refractivity contribution in [1.82, 2.24) is 0 Å². The summed E-state index contributed by atoms with van der Waals surface area (Å²) < 4.78 is 5.78. The molecule has 0 bridgehead atoms. The zero-order chi connectivity index (χ0) is 25.4. The van der Waals surface area contributed by atoms with Crippen LogP contribution in [-0.2, 0) is 17.6 Å². The molecule has 1 nitrogen and oxygen atoms in total. The molecule has 2 unspecified atom stereocenters. The van der Waals surface area contributed by atoms with E-state index in [-0.39, 0.29) is 6.10 Å². The van der Waals surface area contributed by atoms with E-state index in [1.165, 1.54) is 87.3 Å². The van der Waals surface area contributed by atoms with Crippen molar-refractivity contribution in [2.24, 2.45) is 17.8 Å². The summed E-state index contributed by atoms with van der Waals surface area (Å²) in [5.41, 5.74) is 4.30. The van der Waals surface area contributed by atoms with Gasteiger partial charge in [0, 0.05) is 7.11 Å². The maximum Gasteiger partial charge on any atom is 0.0821 e. The Kier molecular flexibility index (Phi) is 13.4. The van der Waals surface area contributed by atoms with E-state index in [1.54, 1.807) is 0 Å². The Morgan fingerprint density at radius 3 is 2.06 bits per heavy atom. The summed E-state index contributed by atoms with van der Waals surface area (Å²) in [4.78, 5) is 0. The lowest BCUT2D eigenvalue weighted by molar-refractivity contribution is 0.0889. The second kappa shape index (κ2) is 16.8. The smallest absolute Gasteiger partial charge is 0.0821 e. The summed E-state index contributed by atoms with van der Waals surface area (Å²) in [6.45, 7) is 4.55. The normalized spacial score (nSPS) is 20.0. The number of aryl methyl sites for hydroxylation is 2. The van der Waals surface area contributed by atoms with E-state index in [2.05, 4.69) is 80.6 Å². The van der Waals surface area contributed by atoms with E-state index in [1.807, 2.05) is 7.11 Å². The molecule has 2 aromatic carbocycles. The lowest BCUT2D eigenvalue weighted by Gasteiger charge is -2.29. The summed E-state index contributed by atoms with van der Waals surface area (Å²) in [5, 5.41) is 0. The molecule has 198 valence electrons. The first kappa shape index (κ1) is 28.7. The van der Waals surface area contributed by atoms with Gasteiger partial charge in [-0.2, -0.15) is 0 Å². The summed E-state index contributed by atoms with van der Waals surface area (Å²) in [5.74, 6) is 2.76. The van der Waals surface area contributed by atoms with E-state index in [0.717, 1.165) is 37.0 Å². The molecule has 0 amide bonds. The Hall–Kier alpha value is -1.86. The number of hydrogen-bond donors (Lipinski definition) is 0. The molecular weight excluding hydrogens is 436 g/mol. The van der Waals surface area contributed by atoms with Crippen molar-refractivity contribution in [2.75, 3.05) is 7.11 Å². The Labute approximate surface area is 222 Å². The van der Waals surface area contributed by atoms with Gasteiger partial charge in [0.1, 0.15) is 0 Å². The van der Waals surface area contributed by atoms with Crippen molar-refractivity contribution in [2.45, 2.75) is 110 Å². The molecule has 1 heteroatoms. The van der Waals surface area contributed by atoms with Crippen molar-refractivity contribution in [3.05, 3.63) is 83.4 Å². The highest BCUT2D eigenvalue weighted by molar-refractivity contribution is 5.23. The summed E-state index contributed by atoms with van der Waals surface area (Å²) in [6.07, 6.45) is 23.5. The Morgan fingerprint density at radius 2 is 1.42 bits per heavy atom. The van der Waals surface area contributed by atoms with Crippen molar-refractivity contribution in [3.8, 4) is 0 Å². The predicted octanol–water partition coefficient (Wildman–Crippen LogP) is 10.3. The average molecular weight is 489 g/mol. The number of methoxy groups -OCH3 is 1. The van der Waals surface area contributed by atoms with E-state index >= 15 is 0 Å². The number of ether oxygens (including phenoxy) is 1. The van der Waals surface area contributed by atoms with Crippen LogP contribution in [0.4, 0.5) is 0 Å². The van der Waals surface area contributed by atoms with Crippen molar-refractivity contribution in [3.63, 3.8) is 0 Å². The van der Waals surface area contributed by atoms with Crippen LogP contribution in [0.1, 0.15) is 114 Å². The van der Waals surface area contributed by atoms with Gasteiger partial charge in [-0.1, -0.05) is 125 Å². The van der Waals surface area contributed by atoms with Gasteiger partial charge in [-0.15, -0.1) is 0 Å². The highest BCUT2D eigenvalue weighted by Gasteiger charge is 2.21. The zero-order valence-corrected chi connectivity index (χ0v) is 23.5. The third-order valence-electron chi connectivity index (χ3n) is 8.60. The molecule has 0 heterocycles. The third kappa shape index (κ3) is 10.6. The predicted molar refractivity (Wildman–Crippen MR) is 156 cm³/mol. The van der Waals surface area contributed by atoms with Gasteiger partial charge in [0.2, 0.25) is 0 Å². The van der Waals surface area contributed by atoms with Gasteiger partial charge in [0.05, 0.1) is 6.10 Å². The molecule has 3 rings (SSSR count). The maximum atomic E-state index is 5.78. The molecule has 36 heavy (non-hydrogen) atoms. The van der Waals surface area contributed by atoms with Crippen LogP contribution >= 0.6 is 0 Å². The average Bonchev–Trinajstić information content (AvgIpc) is 2.92. The van der Waals surface area contributed by atoms with Gasteiger partial charge < -0.3 is 4.74 Å². The minimum atomic E-state index is 0.247. The molecule has 0 aromatic heterocycles. The first-order chi connectivity index (χ1) is 17.7. The minimum Gasteiger partial charge on any atom is -0.377 e. The van der Waals surface area contributed by atoms with Gasteiger partial charge in [-0.25, -0.2) is 0 Å². The van der Waals surface area contributed by atoms with E-state index < -0.39 is 0 Å². The first-order valence-corrected chi connectivity index (χ1v) is 14.9. The molecule has 0 aliphatic heterocycles. The molecule has 1 saturated carbocycles. The largest absolute Gasteiger partial charge is 0.377 e. The first-order valence-electron chi connectivity index (χ1n) is 14.9. The fourth-order valence-electron chi connectivity index (χ4n) is 6.05. The maximum absolute atomic E-state index is 5.78. The monoisotopic (exact) mass is 488 g/mol. The van der Waals surface area contributed by atoms with Gasteiger partial charge in [-0.05, 0) is 79.9 Å². The summed E-state index contributed by atoms with van der Waals surface area (Å²) >= 11 is 0. The number of hydrogen-bond acceptors (Lipinski definition) is 1. The Morgan fingerprint density at radius 1 is 0.778 bits per heavy atom. The fraction of sp³-hybridized carbons (Fsp3) is 0.600. The quantitative estimate of drug-likeness (QED) is 0.169. The van der Waals surface area contributed by atoms with E-state index in [4.69, 9.17) is 4.74 Å². The third-order valence-corrected chi connectivity index (χ3v) is 8.60. The second-order valence-electron chi connectivity index (χ2n) is 11.5. The van der Waals surface area contributed by atoms with Crippen molar-refractivity contribution < 1.29 is 4.74 Å². The molecule has 2 atom stereocenters. The SMILES string of the molecule is CC=CCCc1ccc(CCCC[C@H]2CC[C@H](CCC(C)CCC(OC)c3ccccc3)CC2)cc1. The van der Waals surface area contributed by atoms with Crippen LogP contribution in [-0.4, -0.2) is 7.11 Å². The number of unbranched alkanes of at least 4 members (excludes halogenated alkanes) is 1. The highest BCUT2D eigenvalue weighted by atomic mass is 16.5. The van der Waals surface area contributed by atoms with Crippen LogP contribution < -0.4 is 0 Å². The minimum absolute atomic E-state index is 0.247. The lowest BCUT2D eigenvalue weighted by Crippen LogP contribution is -2.15. The molecule has 1 aliphatic rings. The van der Waals surface area contributed by atoms with Gasteiger partial charge >= 0.3 is 0 Å². The molecule has 0 radical (unpaired) electrons. The van der Waals surface area contributed by atoms with Gasteiger partial charge in [0.15, 0.2) is 0 Å². The molecule has 1 aliphatic carbocycles. The molecule has 0 spiro atoms. The number of allylic oxidation sites excluding steroid dienone is 2. The second-order valence-corrected chi connectivity index (χ2v) is 11.5. The van der Waals surface area contributed by atoms with Crippen molar-refractivity contribution >= 4 is 0 Å². The van der Waals surface area contributed by atoms with Crippen LogP contribution in [0.25, 0.3) is 0 Å². The number of benzene rings is 2. The lowest BCUT2D eigenvalue weighted by atomic mass is 9.77. The van der Waals surface area contributed by atoms with E-state index in [9.17, 15) is 0 Å². The molecule has 1 fully saturated rings. The Balaban J connectivity index is 1.23. The fourth-order valence-corrected chi connectivity index (χ4v) is 6.05. The summed E-state index contributed by atoms with van der Waals surface area (Å²) in [6, 6.07) is 20.1. The van der Waals surface area contributed by atoms with Crippen molar-refractivity contribution in [1.29, 1.82) is 0 Å². The number of rotatable bonds is 16. The Bertz CT molecular complexity index is 829. The molecule has 2 aromatic rings.